The van der Waals surface area contributed by atoms with Gasteiger partial charge in [0, 0.05) is 5.02 Å². The Hall–Kier alpha value is -2.87. The molecule has 0 aliphatic heterocycles. The van der Waals surface area contributed by atoms with Crippen molar-refractivity contribution in [3.63, 3.8) is 0 Å². The van der Waals surface area contributed by atoms with Crippen LogP contribution >= 0.6 is 23.2 Å². The molecule has 3 rings (SSSR count). The van der Waals surface area contributed by atoms with Crippen molar-refractivity contribution in [1.82, 2.24) is 5.43 Å². The molecule has 0 saturated heterocycles. The van der Waals surface area contributed by atoms with Crippen LogP contribution < -0.4 is 9.73 Å². The summed E-state index contributed by atoms with van der Waals surface area (Å²) >= 11 is 12.1. The molecule has 0 heterocycles. The van der Waals surface area contributed by atoms with E-state index in [0.29, 0.717) is 10.7 Å². The van der Waals surface area contributed by atoms with Crippen LogP contribution in [0.1, 0.15) is 12.5 Å². The number of carbonyl (C=O) groups is 1. The van der Waals surface area contributed by atoms with Crippen LogP contribution in [0.3, 0.4) is 0 Å². The van der Waals surface area contributed by atoms with E-state index >= 15 is 0 Å². The molecule has 0 saturated carbocycles. The van der Waals surface area contributed by atoms with Gasteiger partial charge in [0.05, 0.1) is 21.3 Å². The molecule has 0 atom stereocenters. The zero-order chi connectivity index (χ0) is 22.4. The van der Waals surface area contributed by atoms with Gasteiger partial charge in [-0.1, -0.05) is 65.7 Å². The van der Waals surface area contributed by atoms with Gasteiger partial charge in [-0.3, -0.25) is 9.10 Å². The molecule has 0 aromatic heterocycles. The van der Waals surface area contributed by atoms with Crippen molar-refractivity contribution in [3.8, 4) is 0 Å². The average Bonchev–Trinajstić information content (AvgIpc) is 2.77. The number of hydrogen-bond donors (Lipinski definition) is 1. The zero-order valence-corrected chi connectivity index (χ0v) is 18.8. The Labute approximate surface area is 191 Å². The molecule has 0 radical (unpaired) electrons. The lowest BCUT2D eigenvalue weighted by Gasteiger charge is -2.24. The fourth-order valence-corrected chi connectivity index (χ4v) is 4.62. The third-order valence-corrected chi connectivity index (χ3v) is 6.70. The van der Waals surface area contributed by atoms with E-state index < -0.39 is 22.5 Å². The number of carbonyl (C=O) groups excluding carboxylic acids is 1. The third kappa shape index (κ3) is 5.64. The number of hydrogen-bond acceptors (Lipinski definition) is 4. The highest BCUT2D eigenvalue weighted by Crippen LogP contribution is 2.30. The van der Waals surface area contributed by atoms with Gasteiger partial charge < -0.3 is 0 Å². The smallest absolute Gasteiger partial charge is 0.264 e. The molecule has 0 aliphatic carbocycles. The lowest BCUT2D eigenvalue weighted by Crippen LogP contribution is -2.40. The minimum Gasteiger partial charge on any atom is -0.271 e. The zero-order valence-electron chi connectivity index (χ0n) is 16.5. The molecule has 1 amide bonds. The topological polar surface area (TPSA) is 78.8 Å². The first-order valence-electron chi connectivity index (χ1n) is 9.20. The highest BCUT2D eigenvalue weighted by molar-refractivity contribution is 7.92. The number of sulfonamides is 1. The van der Waals surface area contributed by atoms with Crippen molar-refractivity contribution in [1.29, 1.82) is 0 Å². The average molecular weight is 476 g/mol. The molecule has 3 aromatic carbocycles. The summed E-state index contributed by atoms with van der Waals surface area (Å²) in [7, 11) is -4.04. The number of anilines is 1. The number of nitrogens with zero attached hydrogens (tertiary/aromatic N) is 2. The minimum atomic E-state index is -4.04. The molecule has 9 heteroatoms. The molecular formula is C22H19Cl2N3O3S. The molecule has 31 heavy (non-hydrogen) atoms. The van der Waals surface area contributed by atoms with E-state index in [2.05, 4.69) is 10.5 Å². The van der Waals surface area contributed by atoms with Crippen LogP contribution in [-0.4, -0.2) is 26.6 Å². The maximum Gasteiger partial charge on any atom is 0.264 e. The Balaban J connectivity index is 1.87. The molecule has 160 valence electrons. The van der Waals surface area contributed by atoms with Crippen molar-refractivity contribution < 1.29 is 13.2 Å². The van der Waals surface area contributed by atoms with Gasteiger partial charge in [0.2, 0.25) is 0 Å². The van der Waals surface area contributed by atoms with Crippen molar-refractivity contribution >= 4 is 50.5 Å². The van der Waals surface area contributed by atoms with E-state index in [-0.39, 0.29) is 15.6 Å². The van der Waals surface area contributed by atoms with Crippen LogP contribution in [0.2, 0.25) is 10.0 Å². The summed E-state index contributed by atoms with van der Waals surface area (Å²) in [6.07, 6.45) is 0. The van der Waals surface area contributed by atoms with Crippen LogP contribution in [0.4, 0.5) is 5.69 Å². The van der Waals surface area contributed by atoms with Crippen molar-refractivity contribution in [2.45, 2.75) is 11.8 Å². The molecule has 6 nitrogen and oxygen atoms in total. The second-order valence-electron chi connectivity index (χ2n) is 6.52. The van der Waals surface area contributed by atoms with E-state index in [0.717, 1.165) is 9.87 Å². The lowest BCUT2D eigenvalue weighted by molar-refractivity contribution is -0.119. The van der Waals surface area contributed by atoms with Crippen LogP contribution in [0, 0.1) is 0 Å². The van der Waals surface area contributed by atoms with E-state index in [4.69, 9.17) is 23.2 Å². The number of rotatable bonds is 7. The van der Waals surface area contributed by atoms with Gasteiger partial charge >= 0.3 is 0 Å². The summed E-state index contributed by atoms with van der Waals surface area (Å²) in [6, 6.07) is 21.2. The van der Waals surface area contributed by atoms with Crippen molar-refractivity contribution in [2.75, 3.05) is 10.8 Å². The SMILES string of the molecule is C/C(=N/NC(=O)CN(c1ccccc1Cl)S(=O)(=O)c1ccccc1)c1ccc(Cl)cc1. The number of para-hydroxylation sites is 1. The van der Waals surface area contributed by atoms with Crippen molar-refractivity contribution in [2.24, 2.45) is 5.10 Å². The maximum absolute atomic E-state index is 13.3. The molecule has 0 fully saturated rings. The first-order chi connectivity index (χ1) is 14.8. The van der Waals surface area contributed by atoms with Crippen LogP contribution in [0.5, 0.6) is 0 Å². The van der Waals surface area contributed by atoms with Gasteiger partial charge in [-0.05, 0) is 48.9 Å². The monoisotopic (exact) mass is 475 g/mol. The van der Waals surface area contributed by atoms with Gasteiger partial charge in [0.15, 0.2) is 0 Å². The molecule has 1 N–H and O–H groups in total. The predicted molar refractivity (Wildman–Crippen MR) is 124 cm³/mol. The molecule has 0 spiro atoms. The lowest BCUT2D eigenvalue weighted by atomic mass is 10.1. The Kier molecular flexibility index (Phi) is 7.33. The number of hydrazone groups is 1. The number of halogens is 2. The number of amides is 1. The fourth-order valence-electron chi connectivity index (χ4n) is 2.74. The fraction of sp³-hybridized carbons (Fsp3) is 0.0909. The van der Waals surface area contributed by atoms with E-state index in [1.54, 1.807) is 73.7 Å². The summed E-state index contributed by atoms with van der Waals surface area (Å²) in [4.78, 5) is 12.7. The van der Waals surface area contributed by atoms with Crippen LogP contribution in [0.15, 0.2) is 88.9 Å². The first-order valence-corrected chi connectivity index (χ1v) is 11.4. The summed E-state index contributed by atoms with van der Waals surface area (Å²) < 4.78 is 27.5. The van der Waals surface area contributed by atoms with E-state index in [1.807, 2.05) is 0 Å². The van der Waals surface area contributed by atoms with Gasteiger partial charge in [-0.2, -0.15) is 5.10 Å². The highest BCUT2D eigenvalue weighted by atomic mass is 35.5. The molecule has 3 aromatic rings. The standard InChI is InChI=1S/C22H19Cl2N3O3S/c1-16(17-11-13-18(23)14-12-17)25-26-22(28)15-27(21-10-6-5-9-20(21)24)31(29,30)19-7-3-2-4-8-19/h2-14H,15H2,1H3,(H,26,28)/b25-16-. The van der Waals surface area contributed by atoms with Crippen LogP contribution in [0.25, 0.3) is 0 Å². The van der Waals surface area contributed by atoms with Gasteiger partial charge in [0.1, 0.15) is 6.54 Å². The second-order valence-corrected chi connectivity index (χ2v) is 9.22. The summed E-state index contributed by atoms with van der Waals surface area (Å²) in [5, 5.41) is 4.86. The minimum absolute atomic E-state index is 0.0450. The quantitative estimate of drug-likeness (QED) is 0.396. The van der Waals surface area contributed by atoms with Gasteiger partial charge in [-0.15, -0.1) is 0 Å². The van der Waals surface area contributed by atoms with Gasteiger partial charge in [0.25, 0.3) is 15.9 Å². The second kappa shape index (κ2) is 9.96. The highest BCUT2D eigenvalue weighted by Gasteiger charge is 2.28. The van der Waals surface area contributed by atoms with Gasteiger partial charge in [-0.25, -0.2) is 13.8 Å². The normalized spacial score (nSPS) is 11.8. The molecule has 0 aliphatic rings. The molecular weight excluding hydrogens is 457 g/mol. The summed E-state index contributed by atoms with van der Waals surface area (Å²) in [5.41, 5.74) is 3.91. The van der Waals surface area contributed by atoms with E-state index in [9.17, 15) is 13.2 Å². The predicted octanol–water partition coefficient (Wildman–Crippen LogP) is 4.73. The Morgan fingerprint density at radius 2 is 1.55 bits per heavy atom. The third-order valence-electron chi connectivity index (χ3n) is 4.35. The largest absolute Gasteiger partial charge is 0.271 e. The maximum atomic E-state index is 13.3. The van der Waals surface area contributed by atoms with Crippen LogP contribution in [-0.2, 0) is 14.8 Å². The molecule has 0 unspecified atom stereocenters. The van der Waals surface area contributed by atoms with E-state index in [1.165, 1.54) is 12.1 Å². The Morgan fingerprint density at radius 1 is 0.935 bits per heavy atom. The Morgan fingerprint density at radius 3 is 2.19 bits per heavy atom. The molecule has 0 bridgehead atoms. The Bertz CT molecular complexity index is 1200. The number of benzene rings is 3. The number of nitrogens with one attached hydrogen (secondary N) is 1. The summed E-state index contributed by atoms with van der Waals surface area (Å²) in [5.74, 6) is -0.618. The van der Waals surface area contributed by atoms with Crippen molar-refractivity contribution in [3.05, 3.63) is 94.5 Å². The first kappa shape index (κ1) is 22.8. The summed E-state index contributed by atoms with van der Waals surface area (Å²) in [6.45, 7) is 1.22.